The van der Waals surface area contributed by atoms with E-state index in [2.05, 4.69) is 5.32 Å². The molecule has 1 atom stereocenters. The molecule has 21 heavy (non-hydrogen) atoms. The number of rotatable bonds is 6. The Balaban J connectivity index is 1.59. The minimum absolute atomic E-state index is 0.0862. The number of carbonyl (C=O) groups is 1. The average Bonchev–Trinajstić information content (AvgIpc) is 3.19. The number of amides is 1. The van der Waals surface area contributed by atoms with E-state index >= 15 is 0 Å². The van der Waals surface area contributed by atoms with Crippen LogP contribution in [0.4, 0.5) is 0 Å². The van der Waals surface area contributed by atoms with E-state index < -0.39 is 0 Å². The molecule has 1 saturated carbocycles. The summed E-state index contributed by atoms with van der Waals surface area (Å²) in [6.45, 7) is 0. The van der Waals surface area contributed by atoms with Gasteiger partial charge in [-0.05, 0) is 54.5 Å². The number of furan rings is 1. The summed E-state index contributed by atoms with van der Waals surface area (Å²) < 4.78 is 5.01. The normalized spacial score (nSPS) is 15.7. The second kappa shape index (κ2) is 6.35. The highest BCUT2D eigenvalue weighted by molar-refractivity contribution is 6.30. The molecule has 1 aromatic heterocycles. The molecular formula is C17H18ClNO2. The van der Waals surface area contributed by atoms with E-state index in [1.165, 1.54) is 12.8 Å². The monoisotopic (exact) mass is 303 g/mol. The van der Waals surface area contributed by atoms with E-state index in [0.717, 1.165) is 16.1 Å². The van der Waals surface area contributed by atoms with Crippen LogP contribution in [0.25, 0.3) is 0 Å². The van der Waals surface area contributed by atoms with E-state index in [9.17, 15) is 4.79 Å². The van der Waals surface area contributed by atoms with E-state index in [4.69, 9.17) is 16.0 Å². The van der Waals surface area contributed by atoms with Crippen molar-refractivity contribution in [2.75, 3.05) is 0 Å². The minimum atomic E-state index is 0.0862. The van der Waals surface area contributed by atoms with Crippen LogP contribution in [-0.4, -0.2) is 5.91 Å². The highest BCUT2D eigenvalue weighted by Gasteiger charge is 2.33. The fourth-order valence-corrected chi connectivity index (χ4v) is 2.64. The van der Waals surface area contributed by atoms with Crippen molar-refractivity contribution in [3.8, 4) is 0 Å². The Hall–Kier alpha value is -1.74. The van der Waals surface area contributed by atoms with Crippen LogP contribution in [0.2, 0.25) is 5.02 Å². The zero-order chi connectivity index (χ0) is 14.7. The van der Waals surface area contributed by atoms with Crippen LogP contribution >= 0.6 is 11.6 Å². The molecule has 1 aliphatic carbocycles. The van der Waals surface area contributed by atoms with Crippen molar-refractivity contribution >= 4 is 17.5 Å². The van der Waals surface area contributed by atoms with Gasteiger partial charge in [0, 0.05) is 11.4 Å². The summed E-state index contributed by atoms with van der Waals surface area (Å²) >= 11 is 5.93. The number of aryl methyl sites for hydroxylation is 1. The van der Waals surface area contributed by atoms with Crippen molar-refractivity contribution in [1.82, 2.24) is 5.32 Å². The fourth-order valence-electron chi connectivity index (χ4n) is 2.51. The number of benzene rings is 1. The third-order valence-electron chi connectivity index (χ3n) is 3.86. The Bertz CT molecular complexity index is 588. The van der Waals surface area contributed by atoms with Gasteiger partial charge in [0.1, 0.15) is 0 Å². The van der Waals surface area contributed by atoms with Gasteiger partial charge in [-0.2, -0.15) is 0 Å². The Labute approximate surface area is 129 Å². The van der Waals surface area contributed by atoms with Gasteiger partial charge in [0.2, 0.25) is 5.91 Å². The molecule has 1 aliphatic rings. The first-order chi connectivity index (χ1) is 10.2. The second-order valence-electron chi connectivity index (χ2n) is 5.57. The van der Waals surface area contributed by atoms with Crippen LogP contribution in [-0.2, 0) is 11.2 Å². The molecule has 1 unspecified atom stereocenters. The molecule has 3 nitrogen and oxygen atoms in total. The van der Waals surface area contributed by atoms with Crippen LogP contribution in [0.5, 0.6) is 0 Å². The zero-order valence-corrected chi connectivity index (χ0v) is 12.5. The van der Waals surface area contributed by atoms with Crippen molar-refractivity contribution in [2.24, 2.45) is 5.92 Å². The van der Waals surface area contributed by atoms with Crippen LogP contribution in [0.3, 0.4) is 0 Å². The maximum atomic E-state index is 12.2. The van der Waals surface area contributed by atoms with Gasteiger partial charge < -0.3 is 9.73 Å². The van der Waals surface area contributed by atoms with E-state index in [1.807, 2.05) is 30.3 Å². The van der Waals surface area contributed by atoms with Crippen molar-refractivity contribution < 1.29 is 9.21 Å². The SMILES string of the molecule is O=C(CCc1ccoc1)NC(c1ccc(Cl)cc1)C1CC1. The number of hydrogen-bond donors (Lipinski definition) is 1. The minimum Gasteiger partial charge on any atom is -0.472 e. The Morgan fingerprint density at radius 2 is 2.05 bits per heavy atom. The lowest BCUT2D eigenvalue weighted by Gasteiger charge is -2.19. The van der Waals surface area contributed by atoms with Crippen LogP contribution in [0.15, 0.2) is 47.3 Å². The number of hydrogen-bond acceptors (Lipinski definition) is 2. The molecule has 1 aromatic carbocycles. The largest absolute Gasteiger partial charge is 0.472 e. The summed E-state index contributed by atoms with van der Waals surface area (Å²) in [5.74, 6) is 0.645. The highest BCUT2D eigenvalue weighted by atomic mass is 35.5. The lowest BCUT2D eigenvalue weighted by atomic mass is 10.0. The molecule has 0 radical (unpaired) electrons. The first-order valence-corrected chi connectivity index (χ1v) is 7.66. The standard InChI is InChI=1S/C17H18ClNO2/c18-15-6-4-14(5-7-15)17(13-2-3-13)19-16(20)8-1-12-9-10-21-11-12/h4-7,9-11,13,17H,1-3,8H2,(H,19,20). The van der Waals surface area contributed by atoms with Crippen LogP contribution in [0.1, 0.15) is 36.4 Å². The molecule has 1 heterocycles. The zero-order valence-electron chi connectivity index (χ0n) is 11.7. The van der Waals surface area contributed by atoms with Crippen molar-refractivity contribution in [2.45, 2.75) is 31.7 Å². The molecule has 2 aromatic rings. The maximum absolute atomic E-state index is 12.2. The van der Waals surface area contributed by atoms with Crippen LogP contribution < -0.4 is 5.32 Å². The summed E-state index contributed by atoms with van der Waals surface area (Å²) in [5, 5.41) is 3.89. The quantitative estimate of drug-likeness (QED) is 0.871. The average molecular weight is 304 g/mol. The molecule has 0 bridgehead atoms. The van der Waals surface area contributed by atoms with Gasteiger partial charge in [0.25, 0.3) is 0 Å². The summed E-state index contributed by atoms with van der Waals surface area (Å²) in [4.78, 5) is 12.2. The third-order valence-corrected chi connectivity index (χ3v) is 4.11. The molecule has 4 heteroatoms. The van der Waals surface area contributed by atoms with E-state index in [0.29, 0.717) is 18.8 Å². The number of halogens is 1. The lowest BCUT2D eigenvalue weighted by molar-refractivity contribution is -0.122. The van der Waals surface area contributed by atoms with Gasteiger partial charge in [-0.1, -0.05) is 23.7 Å². The molecule has 1 N–H and O–H groups in total. The third kappa shape index (κ3) is 3.88. The summed E-state index contributed by atoms with van der Waals surface area (Å²) in [6, 6.07) is 9.77. The van der Waals surface area contributed by atoms with Gasteiger partial charge >= 0.3 is 0 Å². The van der Waals surface area contributed by atoms with Crippen LogP contribution in [0, 0.1) is 5.92 Å². The summed E-state index contributed by atoms with van der Waals surface area (Å²) in [6.07, 6.45) is 6.86. The molecule has 1 fully saturated rings. The molecular weight excluding hydrogens is 286 g/mol. The van der Waals surface area contributed by atoms with Gasteiger partial charge in [0.15, 0.2) is 0 Å². The van der Waals surface area contributed by atoms with E-state index in [-0.39, 0.29) is 11.9 Å². The first-order valence-electron chi connectivity index (χ1n) is 7.28. The van der Waals surface area contributed by atoms with Crippen molar-refractivity contribution in [1.29, 1.82) is 0 Å². The second-order valence-corrected chi connectivity index (χ2v) is 6.00. The van der Waals surface area contributed by atoms with Gasteiger partial charge in [-0.15, -0.1) is 0 Å². The lowest BCUT2D eigenvalue weighted by Crippen LogP contribution is -2.30. The molecule has 0 aliphatic heterocycles. The first kappa shape index (κ1) is 14.2. The Kier molecular flexibility index (Phi) is 4.30. The Morgan fingerprint density at radius 1 is 1.29 bits per heavy atom. The molecule has 0 spiro atoms. The molecule has 3 rings (SSSR count). The Morgan fingerprint density at radius 3 is 2.67 bits per heavy atom. The molecule has 1 amide bonds. The van der Waals surface area contributed by atoms with E-state index in [1.54, 1.807) is 12.5 Å². The maximum Gasteiger partial charge on any atom is 0.220 e. The summed E-state index contributed by atoms with van der Waals surface area (Å²) in [5.41, 5.74) is 2.19. The molecule has 110 valence electrons. The smallest absolute Gasteiger partial charge is 0.220 e. The van der Waals surface area contributed by atoms with Gasteiger partial charge in [-0.3, -0.25) is 4.79 Å². The van der Waals surface area contributed by atoms with Crippen molar-refractivity contribution in [3.05, 3.63) is 59.0 Å². The predicted molar refractivity (Wildman–Crippen MR) is 82.1 cm³/mol. The highest BCUT2D eigenvalue weighted by Crippen LogP contribution is 2.41. The number of nitrogens with one attached hydrogen (secondary N) is 1. The van der Waals surface area contributed by atoms with Gasteiger partial charge in [-0.25, -0.2) is 0 Å². The van der Waals surface area contributed by atoms with Gasteiger partial charge in [0.05, 0.1) is 18.6 Å². The molecule has 0 saturated heterocycles. The summed E-state index contributed by atoms with van der Waals surface area (Å²) in [7, 11) is 0. The fraction of sp³-hybridized carbons (Fsp3) is 0.353. The topological polar surface area (TPSA) is 42.2 Å². The van der Waals surface area contributed by atoms with Crippen molar-refractivity contribution in [3.63, 3.8) is 0 Å². The predicted octanol–water partition coefficient (Wildman–Crippen LogP) is 4.13. The number of carbonyl (C=O) groups excluding carboxylic acids is 1.